The predicted molar refractivity (Wildman–Crippen MR) is 111 cm³/mol. The molecule has 0 aliphatic rings. The number of nitrogens with zero attached hydrogens (tertiary/aromatic N) is 3. The maximum absolute atomic E-state index is 13.3. The van der Waals surface area contributed by atoms with Crippen LogP contribution in [-0.2, 0) is 4.74 Å². The highest BCUT2D eigenvalue weighted by atomic mass is 79.9. The summed E-state index contributed by atoms with van der Waals surface area (Å²) in [5, 5.41) is 3.21. The van der Waals surface area contributed by atoms with E-state index in [1.165, 1.54) is 4.57 Å². The van der Waals surface area contributed by atoms with Gasteiger partial charge in [-0.3, -0.25) is 14.3 Å². The molecule has 3 aromatic rings. The largest absolute Gasteiger partial charge is 0.444 e. The molecule has 0 fully saturated rings. The van der Waals surface area contributed by atoms with Crippen LogP contribution in [0.4, 0.5) is 4.79 Å². The zero-order valence-electron chi connectivity index (χ0n) is 16.1. The molecule has 1 atom stereocenters. The van der Waals surface area contributed by atoms with E-state index in [2.05, 4.69) is 31.2 Å². The number of fused-ring (bicyclic) bond motifs is 1. The minimum absolute atomic E-state index is 0.252. The molecule has 0 aliphatic heterocycles. The second kappa shape index (κ2) is 7.71. The number of hydrogen-bond donors (Lipinski definition) is 1. The third-order valence-electron chi connectivity index (χ3n) is 3.90. The van der Waals surface area contributed by atoms with E-state index in [1.54, 1.807) is 64.4 Å². The van der Waals surface area contributed by atoms with Gasteiger partial charge in [0.2, 0.25) is 0 Å². The van der Waals surface area contributed by atoms with E-state index >= 15 is 0 Å². The first-order valence-corrected chi connectivity index (χ1v) is 9.58. The lowest BCUT2D eigenvalue weighted by Gasteiger charge is -2.23. The van der Waals surface area contributed by atoms with Crippen molar-refractivity contribution in [3.05, 3.63) is 63.4 Å². The number of halogens is 1. The van der Waals surface area contributed by atoms with Crippen molar-refractivity contribution >= 4 is 32.9 Å². The molecule has 2 heterocycles. The van der Waals surface area contributed by atoms with Crippen molar-refractivity contribution < 1.29 is 9.53 Å². The standard InChI is InChI=1S/C20H21BrN4O3/c1-12(23-19(27)28-20(2,3)4)17-24-15-9-5-8-14(21)16(15)18(26)25(17)13-7-6-10-22-11-13/h5-12H,1-4H3,(H,23,27)/t12-/m0/s1. The minimum Gasteiger partial charge on any atom is -0.444 e. The first kappa shape index (κ1) is 20.0. The van der Waals surface area contributed by atoms with Crippen LogP contribution in [-0.4, -0.2) is 26.2 Å². The van der Waals surface area contributed by atoms with Gasteiger partial charge in [0.1, 0.15) is 11.4 Å². The lowest BCUT2D eigenvalue weighted by atomic mass is 10.2. The number of pyridine rings is 1. The maximum Gasteiger partial charge on any atom is 0.408 e. The second-order valence-electron chi connectivity index (χ2n) is 7.32. The zero-order chi connectivity index (χ0) is 20.5. The van der Waals surface area contributed by atoms with Gasteiger partial charge >= 0.3 is 6.09 Å². The number of hydrogen-bond acceptors (Lipinski definition) is 5. The van der Waals surface area contributed by atoms with Crippen LogP contribution in [0.5, 0.6) is 0 Å². The lowest BCUT2D eigenvalue weighted by Crippen LogP contribution is -2.37. The van der Waals surface area contributed by atoms with Crippen molar-refractivity contribution in [1.29, 1.82) is 0 Å². The molecule has 146 valence electrons. The Balaban J connectivity index is 2.15. The number of carbonyl (C=O) groups excluding carboxylic acids is 1. The van der Waals surface area contributed by atoms with E-state index < -0.39 is 17.7 Å². The Bertz CT molecular complexity index is 1070. The van der Waals surface area contributed by atoms with Crippen LogP contribution in [0.15, 0.2) is 52.0 Å². The zero-order valence-corrected chi connectivity index (χ0v) is 17.6. The van der Waals surface area contributed by atoms with Crippen molar-refractivity contribution in [2.24, 2.45) is 0 Å². The van der Waals surface area contributed by atoms with E-state index in [9.17, 15) is 9.59 Å². The molecule has 7 nitrogen and oxygen atoms in total. The van der Waals surface area contributed by atoms with Crippen LogP contribution >= 0.6 is 15.9 Å². The molecule has 8 heteroatoms. The average Bonchev–Trinajstić information content (AvgIpc) is 2.60. The lowest BCUT2D eigenvalue weighted by molar-refractivity contribution is 0.0505. The molecule has 0 saturated heterocycles. The van der Waals surface area contributed by atoms with Gasteiger partial charge in [-0.1, -0.05) is 6.07 Å². The van der Waals surface area contributed by atoms with Crippen LogP contribution < -0.4 is 10.9 Å². The normalized spacial score (nSPS) is 12.6. The highest BCUT2D eigenvalue weighted by Gasteiger charge is 2.23. The Kier molecular flexibility index (Phi) is 5.51. The third kappa shape index (κ3) is 4.22. The number of aromatic nitrogens is 3. The van der Waals surface area contributed by atoms with Gasteiger partial charge in [0, 0.05) is 10.7 Å². The van der Waals surface area contributed by atoms with E-state index in [0.717, 1.165) is 0 Å². The summed E-state index contributed by atoms with van der Waals surface area (Å²) < 4.78 is 7.44. The van der Waals surface area contributed by atoms with Crippen molar-refractivity contribution in [3.8, 4) is 5.69 Å². The van der Waals surface area contributed by atoms with Gasteiger partial charge in [0.05, 0.1) is 28.8 Å². The summed E-state index contributed by atoms with van der Waals surface area (Å²) in [5.74, 6) is 0.384. The fourth-order valence-corrected chi connectivity index (χ4v) is 3.31. The van der Waals surface area contributed by atoms with E-state index in [-0.39, 0.29) is 5.56 Å². The number of amides is 1. The van der Waals surface area contributed by atoms with E-state index in [1.807, 2.05) is 6.07 Å². The second-order valence-corrected chi connectivity index (χ2v) is 8.18. The summed E-state index contributed by atoms with van der Waals surface area (Å²) in [7, 11) is 0. The number of rotatable bonds is 3. The van der Waals surface area contributed by atoms with Crippen LogP contribution in [0.1, 0.15) is 39.6 Å². The Morgan fingerprint density at radius 2 is 2.00 bits per heavy atom. The third-order valence-corrected chi connectivity index (χ3v) is 4.56. The minimum atomic E-state index is -0.630. The van der Waals surface area contributed by atoms with Gasteiger partial charge in [0.25, 0.3) is 5.56 Å². The Labute approximate surface area is 170 Å². The molecule has 0 bridgehead atoms. The van der Waals surface area contributed by atoms with E-state index in [4.69, 9.17) is 4.74 Å². The summed E-state index contributed by atoms with van der Waals surface area (Å²) in [6.45, 7) is 7.11. The van der Waals surface area contributed by atoms with Gasteiger partial charge in [0.15, 0.2) is 0 Å². The van der Waals surface area contributed by atoms with Crippen LogP contribution in [0, 0.1) is 0 Å². The topological polar surface area (TPSA) is 86.1 Å². The molecule has 0 saturated carbocycles. The Morgan fingerprint density at radius 1 is 1.25 bits per heavy atom. The molecule has 2 aromatic heterocycles. The molecule has 1 amide bonds. The van der Waals surface area contributed by atoms with Crippen LogP contribution in [0.25, 0.3) is 16.6 Å². The molecule has 0 unspecified atom stereocenters. The van der Waals surface area contributed by atoms with Crippen LogP contribution in [0.2, 0.25) is 0 Å². The molecule has 3 rings (SSSR count). The Hall–Kier alpha value is -2.74. The van der Waals surface area contributed by atoms with Gasteiger partial charge in [-0.15, -0.1) is 0 Å². The molecule has 1 aromatic carbocycles. The van der Waals surface area contributed by atoms with Gasteiger partial charge in [-0.25, -0.2) is 9.78 Å². The summed E-state index contributed by atoms with van der Waals surface area (Å²) >= 11 is 3.43. The monoisotopic (exact) mass is 444 g/mol. The van der Waals surface area contributed by atoms with Gasteiger partial charge in [-0.2, -0.15) is 0 Å². The average molecular weight is 445 g/mol. The van der Waals surface area contributed by atoms with Gasteiger partial charge in [-0.05, 0) is 67.9 Å². The van der Waals surface area contributed by atoms with Crippen molar-refractivity contribution in [2.75, 3.05) is 0 Å². The molecule has 0 spiro atoms. The van der Waals surface area contributed by atoms with Gasteiger partial charge < -0.3 is 10.1 Å². The van der Waals surface area contributed by atoms with Crippen molar-refractivity contribution in [1.82, 2.24) is 19.9 Å². The smallest absolute Gasteiger partial charge is 0.408 e. The molecule has 0 radical (unpaired) electrons. The first-order valence-electron chi connectivity index (χ1n) is 8.78. The van der Waals surface area contributed by atoms with E-state index in [0.29, 0.717) is 26.9 Å². The fourth-order valence-electron chi connectivity index (χ4n) is 2.78. The SMILES string of the molecule is C[C@H](NC(=O)OC(C)(C)C)c1nc2cccc(Br)c2c(=O)n1-c1cccnc1. The molecule has 0 aliphatic carbocycles. The number of ether oxygens (including phenoxy) is 1. The quantitative estimate of drug-likeness (QED) is 0.655. The Morgan fingerprint density at radius 3 is 2.64 bits per heavy atom. The fraction of sp³-hybridized carbons (Fsp3) is 0.300. The predicted octanol–water partition coefficient (Wildman–Crippen LogP) is 4.13. The summed E-state index contributed by atoms with van der Waals surface area (Å²) in [5.41, 5.74) is 0.213. The highest BCUT2D eigenvalue weighted by molar-refractivity contribution is 9.10. The molecular formula is C20H21BrN4O3. The first-order chi connectivity index (χ1) is 13.2. The number of nitrogens with one attached hydrogen (secondary N) is 1. The summed E-state index contributed by atoms with van der Waals surface area (Å²) in [6.07, 6.45) is 2.62. The number of carbonyl (C=O) groups is 1. The number of benzene rings is 1. The van der Waals surface area contributed by atoms with Crippen molar-refractivity contribution in [2.45, 2.75) is 39.3 Å². The van der Waals surface area contributed by atoms with Crippen molar-refractivity contribution in [3.63, 3.8) is 0 Å². The maximum atomic E-state index is 13.3. The summed E-state index contributed by atoms with van der Waals surface area (Å²) in [6, 6.07) is 8.29. The highest BCUT2D eigenvalue weighted by Crippen LogP contribution is 2.23. The molecule has 1 N–H and O–H groups in total. The molecular weight excluding hydrogens is 424 g/mol. The number of alkyl carbamates (subject to hydrolysis) is 1. The summed E-state index contributed by atoms with van der Waals surface area (Å²) in [4.78, 5) is 34.3. The van der Waals surface area contributed by atoms with Crippen LogP contribution in [0.3, 0.4) is 0 Å². The molecule has 28 heavy (non-hydrogen) atoms.